The Bertz CT molecular complexity index is 858. The van der Waals surface area contributed by atoms with Crippen LogP contribution in [0.2, 0.25) is 0 Å². The standard InChI is InChI=1S/C21H27N3O2/c1-14-6-7-15(2)18(12-14)20(25)23-8-10-24(11-9-23)21(26)19-13-16(3)22(5)17(19)4/h6-7,12-13H,8-11H2,1-5H3. The van der Waals surface area contributed by atoms with Crippen molar-refractivity contribution in [3.63, 3.8) is 0 Å². The number of piperazine rings is 1. The molecule has 1 saturated heterocycles. The molecule has 2 heterocycles. The van der Waals surface area contributed by atoms with Crippen LogP contribution >= 0.6 is 0 Å². The van der Waals surface area contributed by atoms with Crippen LogP contribution < -0.4 is 0 Å². The number of hydrogen-bond acceptors (Lipinski definition) is 2. The molecule has 0 saturated carbocycles. The van der Waals surface area contributed by atoms with E-state index in [1.54, 1.807) is 0 Å². The molecule has 0 unspecified atom stereocenters. The lowest BCUT2D eigenvalue weighted by molar-refractivity contribution is 0.0534. The van der Waals surface area contributed by atoms with Gasteiger partial charge in [-0.05, 0) is 45.4 Å². The van der Waals surface area contributed by atoms with Crippen LogP contribution in [0.5, 0.6) is 0 Å². The molecule has 1 aliphatic heterocycles. The lowest BCUT2D eigenvalue weighted by Gasteiger charge is -2.35. The molecule has 0 atom stereocenters. The molecular formula is C21H27N3O2. The minimum atomic E-state index is 0.0602. The van der Waals surface area contributed by atoms with Crippen molar-refractivity contribution in [3.8, 4) is 0 Å². The van der Waals surface area contributed by atoms with Crippen LogP contribution in [0.15, 0.2) is 24.3 Å². The Kier molecular flexibility index (Phi) is 4.90. The Labute approximate surface area is 155 Å². The average Bonchev–Trinajstić information content (AvgIpc) is 2.90. The van der Waals surface area contributed by atoms with E-state index in [-0.39, 0.29) is 11.8 Å². The van der Waals surface area contributed by atoms with Crippen LogP contribution in [0, 0.1) is 27.7 Å². The summed E-state index contributed by atoms with van der Waals surface area (Å²) in [6.45, 7) is 10.2. The molecular weight excluding hydrogens is 326 g/mol. The van der Waals surface area contributed by atoms with E-state index in [9.17, 15) is 9.59 Å². The molecule has 3 rings (SSSR count). The zero-order valence-corrected chi connectivity index (χ0v) is 16.3. The van der Waals surface area contributed by atoms with Gasteiger partial charge in [0.2, 0.25) is 0 Å². The Morgan fingerprint density at radius 1 is 0.808 bits per heavy atom. The number of carbonyl (C=O) groups is 2. The fraction of sp³-hybridized carbons (Fsp3) is 0.429. The Hall–Kier alpha value is -2.56. The van der Waals surface area contributed by atoms with Crippen LogP contribution in [-0.4, -0.2) is 52.4 Å². The van der Waals surface area contributed by atoms with Crippen LogP contribution in [0.4, 0.5) is 0 Å². The quantitative estimate of drug-likeness (QED) is 0.833. The highest BCUT2D eigenvalue weighted by Crippen LogP contribution is 2.18. The predicted molar refractivity (Wildman–Crippen MR) is 103 cm³/mol. The fourth-order valence-corrected chi connectivity index (χ4v) is 3.49. The second kappa shape index (κ2) is 6.98. The van der Waals surface area contributed by atoms with Gasteiger partial charge in [-0.25, -0.2) is 0 Å². The van der Waals surface area contributed by atoms with E-state index >= 15 is 0 Å². The molecule has 138 valence electrons. The van der Waals surface area contributed by atoms with Gasteiger partial charge in [-0.15, -0.1) is 0 Å². The number of aryl methyl sites for hydroxylation is 3. The Morgan fingerprint density at radius 2 is 1.35 bits per heavy atom. The van der Waals surface area contributed by atoms with Gasteiger partial charge >= 0.3 is 0 Å². The summed E-state index contributed by atoms with van der Waals surface area (Å²) >= 11 is 0. The maximum Gasteiger partial charge on any atom is 0.255 e. The number of amides is 2. The summed E-state index contributed by atoms with van der Waals surface area (Å²) in [5.41, 5.74) is 5.67. The molecule has 5 nitrogen and oxygen atoms in total. The van der Waals surface area contributed by atoms with E-state index in [1.807, 2.05) is 73.4 Å². The first-order chi connectivity index (χ1) is 12.3. The number of hydrogen-bond donors (Lipinski definition) is 0. The number of carbonyl (C=O) groups excluding carboxylic acids is 2. The number of benzene rings is 1. The average molecular weight is 353 g/mol. The zero-order valence-electron chi connectivity index (χ0n) is 16.3. The monoisotopic (exact) mass is 353 g/mol. The molecule has 1 aromatic heterocycles. The zero-order chi connectivity index (χ0) is 19.0. The van der Waals surface area contributed by atoms with Crippen molar-refractivity contribution in [2.45, 2.75) is 27.7 Å². The second-order valence-electron chi connectivity index (χ2n) is 7.25. The molecule has 0 radical (unpaired) electrons. The molecule has 0 aliphatic carbocycles. The minimum absolute atomic E-state index is 0.0602. The molecule has 2 amide bonds. The third kappa shape index (κ3) is 3.26. The Balaban J connectivity index is 1.69. The topological polar surface area (TPSA) is 45.6 Å². The molecule has 2 aromatic rings. The number of aromatic nitrogens is 1. The maximum absolute atomic E-state index is 12.8. The summed E-state index contributed by atoms with van der Waals surface area (Å²) in [5.74, 6) is 0.120. The fourth-order valence-electron chi connectivity index (χ4n) is 3.49. The SMILES string of the molecule is Cc1ccc(C)c(C(=O)N2CCN(C(=O)c3cc(C)n(C)c3C)CC2)c1. The van der Waals surface area contributed by atoms with E-state index in [4.69, 9.17) is 0 Å². The molecule has 1 aromatic carbocycles. The van der Waals surface area contributed by atoms with E-state index in [2.05, 4.69) is 0 Å². The highest BCUT2D eigenvalue weighted by atomic mass is 16.2. The van der Waals surface area contributed by atoms with Crippen LogP contribution in [0.25, 0.3) is 0 Å². The summed E-state index contributed by atoms with van der Waals surface area (Å²) in [4.78, 5) is 29.4. The van der Waals surface area contributed by atoms with Gasteiger partial charge in [0.15, 0.2) is 0 Å². The molecule has 0 spiro atoms. The molecule has 5 heteroatoms. The lowest BCUT2D eigenvalue weighted by Crippen LogP contribution is -2.50. The minimum Gasteiger partial charge on any atom is -0.351 e. The van der Waals surface area contributed by atoms with E-state index < -0.39 is 0 Å². The third-order valence-corrected chi connectivity index (χ3v) is 5.48. The van der Waals surface area contributed by atoms with E-state index in [0.29, 0.717) is 26.2 Å². The normalized spacial score (nSPS) is 14.7. The largest absolute Gasteiger partial charge is 0.351 e. The number of nitrogens with zero attached hydrogens (tertiary/aromatic N) is 3. The molecule has 1 fully saturated rings. The van der Waals surface area contributed by atoms with E-state index in [0.717, 1.165) is 33.6 Å². The first kappa shape index (κ1) is 18.2. The van der Waals surface area contributed by atoms with Gasteiger partial charge in [-0.3, -0.25) is 9.59 Å². The molecule has 0 N–H and O–H groups in total. The Morgan fingerprint density at radius 3 is 1.85 bits per heavy atom. The second-order valence-corrected chi connectivity index (χ2v) is 7.25. The first-order valence-corrected chi connectivity index (χ1v) is 9.08. The predicted octanol–water partition coefficient (Wildman–Crippen LogP) is 2.86. The highest BCUT2D eigenvalue weighted by molar-refractivity contribution is 5.97. The lowest BCUT2D eigenvalue weighted by atomic mass is 10.0. The van der Waals surface area contributed by atoms with Crippen molar-refractivity contribution in [2.24, 2.45) is 7.05 Å². The summed E-state index contributed by atoms with van der Waals surface area (Å²) < 4.78 is 2.04. The summed E-state index contributed by atoms with van der Waals surface area (Å²) in [6.07, 6.45) is 0. The molecule has 26 heavy (non-hydrogen) atoms. The van der Waals surface area contributed by atoms with Gasteiger partial charge < -0.3 is 14.4 Å². The van der Waals surface area contributed by atoms with Crippen molar-refractivity contribution in [1.82, 2.24) is 14.4 Å². The van der Waals surface area contributed by atoms with Crippen LogP contribution in [-0.2, 0) is 7.05 Å². The molecule has 0 bridgehead atoms. The van der Waals surface area contributed by atoms with Gasteiger partial charge in [0.25, 0.3) is 11.8 Å². The van der Waals surface area contributed by atoms with Gasteiger partial charge in [0.05, 0.1) is 5.56 Å². The summed E-state index contributed by atoms with van der Waals surface area (Å²) in [5, 5.41) is 0. The van der Waals surface area contributed by atoms with Crippen molar-refractivity contribution < 1.29 is 9.59 Å². The highest BCUT2D eigenvalue weighted by Gasteiger charge is 2.27. The summed E-state index contributed by atoms with van der Waals surface area (Å²) in [6, 6.07) is 7.91. The van der Waals surface area contributed by atoms with Crippen molar-refractivity contribution in [3.05, 3.63) is 57.9 Å². The maximum atomic E-state index is 12.8. The van der Waals surface area contributed by atoms with Crippen molar-refractivity contribution >= 4 is 11.8 Å². The van der Waals surface area contributed by atoms with Gasteiger partial charge in [-0.1, -0.05) is 17.7 Å². The van der Waals surface area contributed by atoms with Gasteiger partial charge in [0, 0.05) is 50.2 Å². The van der Waals surface area contributed by atoms with Crippen LogP contribution in [0.3, 0.4) is 0 Å². The van der Waals surface area contributed by atoms with E-state index in [1.165, 1.54) is 0 Å². The summed E-state index contributed by atoms with van der Waals surface area (Å²) in [7, 11) is 1.97. The smallest absolute Gasteiger partial charge is 0.255 e. The first-order valence-electron chi connectivity index (χ1n) is 9.08. The number of rotatable bonds is 2. The van der Waals surface area contributed by atoms with Gasteiger partial charge in [-0.2, -0.15) is 0 Å². The van der Waals surface area contributed by atoms with Crippen molar-refractivity contribution in [2.75, 3.05) is 26.2 Å². The van der Waals surface area contributed by atoms with Crippen molar-refractivity contribution in [1.29, 1.82) is 0 Å². The van der Waals surface area contributed by atoms with Gasteiger partial charge in [0.1, 0.15) is 0 Å². The van der Waals surface area contributed by atoms with Crippen LogP contribution in [0.1, 0.15) is 43.2 Å². The third-order valence-electron chi connectivity index (χ3n) is 5.48. The molecule has 1 aliphatic rings.